The van der Waals surface area contributed by atoms with Crippen molar-refractivity contribution >= 4 is 46.9 Å². The second kappa shape index (κ2) is 8.99. The molecule has 0 aliphatic carbocycles. The molecule has 116 valence electrons. The zero-order valence-corrected chi connectivity index (χ0v) is 14.7. The Morgan fingerprint density at radius 2 is 1.90 bits per heavy atom. The van der Waals surface area contributed by atoms with Gasteiger partial charge in [0.1, 0.15) is 10.4 Å². The fraction of sp³-hybridized carbons (Fsp3) is 0.333. The highest BCUT2D eigenvalue weighted by molar-refractivity contribution is 7.17. The van der Waals surface area contributed by atoms with Crippen LogP contribution in [0.15, 0.2) is 30.3 Å². The molecule has 0 saturated carbocycles. The van der Waals surface area contributed by atoms with Crippen LogP contribution in [-0.4, -0.2) is 18.2 Å². The first-order chi connectivity index (χ1) is 9.56. The maximum Gasteiger partial charge on any atom is 0.112 e. The maximum atomic E-state index is 10.0. The van der Waals surface area contributed by atoms with Crippen molar-refractivity contribution in [3.63, 3.8) is 0 Å². The standard InChI is InChI=1S/C15H17Cl2NOS.ClH/c1-10-2-4-11(5-3-10)6-7-18-9-13(19)14-8-12(16)15(17)20-14;/h2-5,8,13,18-19H,6-7,9H2,1H3;1H. The van der Waals surface area contributed by atoms with E-state index < -0.39 is 6.10 Å². The molecule has 1 aromatic carbocycles. The van der Waals surface area contributed by atoms with E-state index in [4.69, 9.17) is 23.2 Å². The molecular weight excluding hydrogens is 349 g/mol. The minimum atomic E-state index is -0.567. The van der Waals surface area contributed by atoms with Crippen molar-refractivity contribution in [2.24, 2.45) is 0 Å². The third kappa shape index (κ3) is 5.78. The molecule has 6 heteroatoms. The number of thiophene rings is 1. The molecule has 2 nitrogen and oxygen atoms in total. The van der Waals surface area contributed by atoms with Crippen LogP contribution < -0.4 is 5.32 Å². The number of nitrogens with one attached hydrogen (secondary N) is 1. The van der Waals surface area contributed by atoms with E-state index in [9.17, 15) is 5.11 Å². The van der Waals surface area contributed by atoms with Crippen LogP contribution in [0.5, 0.6) is 0 Å². The second-order valence-corrected chi connectivity index (χ2v) is 6.82. The number of benzene rings is 1. The van der Waals surface area contributed by atoms with Crippen molar-refractivity contribution < 1.29 is 5.11 Å². The predicted molar refractivity (Wildman–Crippen MR) is 94.3 cm³/mol. The van der Waals surface area contributed by atoms with Crippen LogP contribution >= 0.6 is 46.9 Å². The van der Waals surface area contributed by atoms with E-state index >= 15 is 0 Å². The van der Waals surface area contributed by atoms with Crippen LogP contribution in [-0.2, 0) is 6.42 Å². The Bertz CT molecular complexity index is 537. The van der Waals surface area contributed by atoms with Gasteiger partial charge in [-0.3, -0.25) is 0 Å². The van der Waals surface area contributed by atoms with Gasteiger partial charge in [-0.25, -0.2) is 0 Å². The van der Waals surface area contributed by atoms with Gasteiger partial charge in [0.15, 0.2) is 0 Å². The lowest BCUT2D eigenvalue weighted by Crippen LogP contribution is -2.23. The summed E-state index contributed by atoms with van der Waals surface area (Å²) in [5, 5.41) is 13.8. The molecule has 0 bridgehead atoms. The second-order valence-electron chi connectivity index (χ2n) is 4.73. The van der Waals surface area contributed by atoms with Crippen molar-refractivity contribution in [2.45, 2.75) is 19.4 Å². The van der Waals surface area contributed by atoms with Gasteiger partial charge in [-0.05, 0) is 31.5 Å². The van der Waals surface area contributed by atoms with Crippen molar-refractivity contribution in [1.29, 1.82) is 0 Å². The van der Waals surface area contributed by atoms with Crippen LogP contribution in [0.25, 0.3) is 0 Å². The summed E-state index contributed by atoms with van der Waals surface area (Å²) in [7, 11) is 0. The number of aryl methyl sites for hydroxylation is 1. The smallest absolute Gasteiger partial charge is 0.112 e. The van der Waals surface area contributed by atoms with E-state index in [2.05, 4.69) is 36.5 Å². The van der Waals surface area contributed by atoms with Gasteiger partial charge in [-0.2, -0.15) is 0 Å². The van der Waals surface area contributed by atoms with Crippen molar-refractivity contribution in [3.8, 4) is 0 Å². The van der Waals surface area contributed by atoms with E-state index in [0.717, 1.165) is 17.8 Å². The highest BCUT2D eigenvalue weighted by Crippen LogP contribution is 2.34. The Morgan fingerprint density at radius 1 is 1.24 bits per heavy atom. The molecular formula is C15H18Cl3NOS. The molecule has 2 rings (SSSR count). The van der Waals surface area contributed by atoms with Gasteiger partial charge in [-0.15, -0.1) is 23.7 Å². The molecule has 0 radical (unpaired) electrons. The monoisotopic (exact) mass is 365 g/mol. The van der Waals surface area contributed by atoms with Crippen molar-refractivity contribution in [3.05, 3.63) is 55.7 Å². The summed E-state index contributed by atoms with van der Waals surface area (Å²) in [5.74, 6) is 0. The Balaban J connectivity index is 0.00000220. The molecule has 0 aliphatic rings. The first-order valence-corrected chi connectivity index (χ1v) is 8.02. The zero-order chi connectivity index (χ0) is 14.5. The summed E-state index contributed by atoms with van der Waals surface area (Å²) >= 11 is 13.1. The summed E-state index contributed by atoms with van der Waals surface area (Å²) in [6.07, 6.45) is 0.377. The molecule has 0 amide bonds. The third-order valence-corrected chi connectivity index (χ3v) is 5.01. The minimum absolute atomic E-state index is 0. The van der Waals surface area contributed by atoms with Crippen LogP contribution in [0.2, 0.25) is 9.36 Å². The number of hydrogen-bond donors (Lipinski definition) is 2. The Morgan fingerprint density at radius 3 is 2.48 bits per heavy atom. The summed E-state index contributed by atoms with van der Waals surface area (Å²) < 4.78 is 0.528. The van der Waals surface area contributed by atoms with E-state index in [1.54, 1.807) is 6.07 Å². The first-order valence-electron chi connectivity index (χ1n) is 6.45. The molecule has 0 spiro atoms. The zero-order valence-electron chi connectivity index (χ0n) is 11.6. The average Bonchev–Trinajstić information content (AvgIpc) is 2.77. The molecule has 1 atom stereocenters. The molecule has 21 heavy (non-hydrogen) atoms. The van der Waals surface area contributed by atoms with Gasteiger partial charge in [0.25, 0.3) is 0 Å². The molecule has 1 aromatic heterocycles. The largest absolute Gasteiger partial charge is 0.386 e. The van der Waals surface area contributed by atoms with Crippen LogP contribution in [0.1, 0.15) is 22.1 Å². The SMILES string of the molecule is Cc1ccc(CCNCC(O)c2cc(Cl)c(Cl)s2)cc1.Cl. The maximum absolute atomic E-state index is 10.0. The average molecular weight is 367 g/mol. The highest BCUT2D eigenvalue weighted by Gasteiger charge is 2.12. The lowest BCUT2D eigenvalue weighted by Gasteiger charge is -2.10. The van der Waals surface area contributed by atoms with Crippen molar-refractivity contribution in [1.82, 2.24) is 5.32 Å². The molecule has 2 N–H and O–H groups in total. The number of aliphatic hydroxyl groups is 1. The molecule has 0 fully saturated rings. The highest BCUT2D eigenvalue weighted by atomic mass is 35.5. The van der Waals surface area contributed by atoms with E-state index in [1.165, 1.54) is 22.5 Å². The summed E-state index contributed by atoms with van der Waals surface area (Å²) in [5.41, 5.74) is 2.56. The van der Waals surface area contributed by atoms with Crippen LogP contribution in [0.3, 0.4) is 0 Å². The molecule has 0 saturated heterocycles. The Hall–Kier alpha value is -0.290. The van der Waals surface area contributed by atoms with Crippen LogP contribution in [0.4, 0.5) is 0 Å². The molecule has 1 unspecified atom stereocenters. The lowest BCUT2D eigenvalue weighted by molar-refractivity contribution is 0.179. The van der Waals surface area contributed by atoms with Crippen molar-refractivity contribution in [2.75, 3.05) is 13.1 Å². The summed E-state index contributed by atoms with van der Waals surface area (Å²) in [6.45, 7) is 3.40. The topological polar surface area (TPSA) is 32.3 Å². The number of rotatable bonds is 6. The van der Waals surface area contributed by atoms with Gasteiger partial charge in [0.2, 0.25) is 0 Å². The number of hydrogen-bond acceptors (Lipinski definition) is 3. The summed E-state index contributed by atoms with van der Waals surface area (Å²) in [4.78, 5) is 0.794. The Kier molecular flexibility index (Phi) is 8.03. The molecule has 1 heterocycles. The van der Waals surface area contributed by atoms with Gasteiger partial charge in [-0.1, -0.05) is 53.0 Å². The van der Waals surface area contributed by atoms with Gasteiger partial charge in [0.05, 0.1) is 5.02 Å². The summed E-state index contributed by atoms with van der Waals surface area (Å²) in [6, 6.07) is 10.2. The van der Waals surface area contributed by atoms with Gasteiger partial charge in [0, 0.05) is 11.4 Å². The Labute approximate surface area is 145 Å². The number of aliphatic hydroxyl groups excluding tert-OH is 1. The van der Waals surface area contributed by atoms with E-state index in [0.29, 0.717) is 15.9 Å². The van der Waals surface area contributed by atoms with Gasteiger partial charge >= 0.3 is 0 Å². The quantitative estimate of drug-likeness (QED) is 0.729. The van der Waals surface area contributed by atoms with Crippen LogP contribution in [0, 0.1) is 6.92 Å². The van der Waals surface area contributed by atoms with E-state index in [-0.39, 0.29) is 12.4 Å². The fourth-order valence-electron chi connectivity index (χ4n) is 1.85. The van der Waals surface area contributed by atoms with Gasteiger partial charge < -0.3 is 10.4 Å². The third-order valence-electron chi connectivity index (χ3n) is 3.04. The lowest BCUT2D eigenvalue weighted by atomic mass is 10.1. The number of halogens is 3. The molecule has 2 aromatic rings. The molecule has 0 aliphatic heterocycles. The minimum Gasteiger partial charge on any atom is -0.386 e. The normalized spacial score (nSPS) is 12.0. The first kappa shape index (κ1) is 18.8. The fourth-order valence-corrected chi connectivity index (χ4v) is 3.23. The predicted octanol–water partition coefficient (Wildman–Crippen LogP) is 4.65. The van der Waals surface area contributed by atoms with E-state index in [1.807, 2.05) is 0 Å².